The summed E-state index contributed by atoms with van der Waals surface area (Å²) in [5.74, 6) is 0.301. The van der Waals surface area contributed by atoms with Crippen molar-refractivity contribution in [3.63, 3.8) is 0 Å². The van der Waals surface area contributed by atoms with E-state index in [9.17, 15) is 0 Å². The fourth-order valence-electron chi connectivity index (χ4n) is 7.73. The molecular formula is C46H32N2O. The smallest absolute Gasteiger partial charge is 0.135 e. The SMILES string of the molecule is CC1Cc2ccc3c(c2N=C1c1ccc2cc4ccccc4cc2c1)N=C(c1cccc(-c2ccc4oc5ccccc5c4c2)c1)CC=C3. The van der Waals surface area contributed by atoms with Crippen molar-refractivity contribution >= 4 is 72.4 Å². The quantitative estimate of drug-likeness (QED) is 0.179. The van der Waals surface area contributed by atoms with Gasteiger partial charge in [0.2, 0.25) is 0 Å². The highest BCUT2D eigenvalue weighted by Crippen LogP contribution is 2.43. The molecule has 232 valence electrons. The van der Waals surface area contributed by atoms with E-state index in [1.165, 1.54) is 32.7 Å². The zero-order valence-corrected chi connectivity index (χ0v) is 27.2. The van der Waals surface area contributed by atoms with Gasteiger partial charge in [0.1, 0.15) is 11.2 Å². The number of allylic oxidation sites excluding steroid dienone is 1. The summed E-state index contributed by atoms with van der Waals surface area (Å²) in [5.41, 5.74) is 13.0. The third-order valence-corrected chi connectivity index (χ3v) is 10.3. The van der Waals surface area contributed by atoms with Crippen LogP contribution in [0.3, 0.4) is 0 Å². The van der Waals surface area contributed by atoms with Crippen LogP contribution in [0, 0.1) is 5.92 Å². The molecule has 0 N–H and O–H groups in total. The van der Waals surface area contributed by atoms with E-state index in [2.05, 4.69) is 140 Å². The molecule has 10 rings (SSSR count). The molecule has 0 radical (unpaired) electrons. The third-order valence-electron chi connectivity index (χ3n) is 10.3. The molecule has 7 aromatic carbocycles. The van der Waals surface area contributed by atoms with E-state index in [0.717, 1.165) is 79.8 Å². The second kappa shape index (κ2) is 11.0. The van der Waals surface area contributed by atoms with Crippen LogP contribution in [0.2, 0.25) is 0 Å². The maximum atomic E-state index is 6.09. The third kappa shape index (κ3) is 4.73. The second-order valence-corrected chi connectivity index (χ2v) is 13.4. The molecule has 3 nitrogen and oxygen atoms in total. The molecule has 8 aromatic rings. The van der Waals surface area contributed by atoms with Gasteiger partial charge >= 0.3 is 0 Å². The van der Waals surface area contributed by atoms with E-state index < -0.39 is 0 Å². The molecule has 1 unspecified atom stereocenters. The Morgan fingerprint density at radius 1 is 0.551 bits per heavy atom. The van der Waals surface area contributed by atoms with Crippen molar-refractivity contribution in [3.05, 3.63) is 162 Å². The number of benzene rings is 7. The predicted molar refractivity (Wildman–Crippen MR) is 206 cm³/mol. The summed E-state index contributed by atoms with van der Waals surface area (Å²) in [4.78, 5) is 10.8. The Hall–Kier alpha value is -6.06. The molecule has 2 aliphatic rings. The van der Waals surface area contributed by atoms with Gasteiger partial charge in [-0.05, 0) is 98.2 Å². The van der Waals surface area contributed by atoms with Crippen LogP contribution < -0.4 is 0 Å². The van der Waals surface area contributed by atoms with Crippen LogP contribution in [-0.2, 0) is 6.42 Å². The van der Waals surface area contributed by atoms with Gasteiger partial charge in [-0.15, -0.1) is 0 Å². The topological polar surface area (TPSA) is 37.9 Å². The Labute approximate surface area is 284 Å². The van der Waals surface area contributed by atoms with Gasteiger partial charge in [-0.3, -0.25) is 0 Å². The summed E-state index contributed by atoms with van der Waals surface area (Å²) in [7, 11) is 0. The van der Waals surface area contributed by atoms with E-state index in [0.29, 0.717) is 5.92 Å². The molecule has 0 bridgehead atoms. The zero-order chi connectivity index (χ0) is 32.5. The van der Waals surface area contributed by atoms with Gasteiger partial charge in [0, 0.05) is 28.7 Å². The van der Waals surface area contributed by atoms with Crippen molar-refractivity contribution in [2.75, 3.05) is 0 Å². The van der Waals surface area contributed by atoms with Crippen LogP contribution in [-0.4, -0.2) is 11.4 Å². The summed E-state index contributed by atoms with van der Waals surface area (Å²) in [5, 5.41) is 7.29. The van der Waals surface area contributed by atoms with E-state index in [1.807, 2.05) is 12.1 Å². The van der Waals surface area contributed by atoms with Crippen LogP contribution >= 0.6 is 0 Å². The minimum atomic E-state index is 0.301. The lowest BCUT2D eigenvalue weighted by Gasteiger charge is -2.24. The number of rotatable bonds is 3. The van der Waals surface area contributed by atoms with Crippen LogP contribution in [0.1, 0.15) is 35.6 Å². The average molecular weight is 629 g/mol. The van der Waals surface area contributed by atoms with Crippen molar-refractivity contribution in [2.24, 2.45) is 15.9 Å². The molecule has 0 fully saturated rings. The van der Waals surface area contributed by atoms with Crippen LogP contribution in [0.5, 0.6) is 0 Å². The normalized spacial score (nSPS) is 15.7. The van der Waals surface area contributed by atoms with E-state index in [1.54, 1.807) is 0 Å². The minimum absolute atomic E-state index is 0.301. The van der Waals surface area contributed by atoms with Gasteiger partial charge in [-0.1, -0.05) is 110 Å². The Bertz CT molecular complexity index is 2740. The van der Waals surface area contributed by atoms with Crippen molar-refractivity contribution in [1.82, 2.24) is 0 Å². The molecule has 1 aromatic heterocycles. The van der Waals surface area contributed by atoms with Crippen molar-refractivity contribution in [1.29, 1.82) is 0 Å². The van der Waals surface area contributed by atoms with Gasteiger partial charge in [0.05, 0.1) is 22.8 Å². The van der Waals surface area contributed by atoms with Gasteiger partial charge in [-0.25, -0.2) is 9.98 Å². The molecule has 3 heteroatoms. The standard InChI is InChI=1S/C46H32N2O/c1-28-22-36-18-16-29-10-7-14-41(35-12-6-11-32(24-35)34-20-21-43-40(27-34)39-13-4-5-15-42(39)49-43)47-45(29)46(36)48-44(28)37-19-17-33-23-30-8-2-3-9-31(30)25-38(33)26-37/h2-13,15-21,23-28H,14,22H2,1H3. The molecule has 2 aliphatic heterocycles. The number of hydrogen-bond acceptors (Lipinski definition) is 3. The Kier molecular flexibility index (Phi) is 6.29. The maximum absolute atomic E-state index is 6.09. The lowest BCUT2D eigenvalue weighted by Crippen LogP contribution is -2.19. The van der Waals surface area contributed by atoms with E-state index in [4.69, 9.17) is 14.4 Å². The minimum Gasteiger partial charge on any atom is -0.456 e. The lowest BCUT2D eigenvalue weighted by atomic mass is 9.86. The first-order chi connectivity index (χ1) is 24.1. The fraction of sp³-hybridized carbons (Fsp3) is 0.0870. The first kappa shape index (κ1) is 28.0. The highest BCUT2D eigenvalue weighted by Gasteiger charge is 2.25. The number of para-hydroxylation sites is 1. The molecule has 0 spiro atoms. The molecule has 0 aliphatic carbocycles. The maximum Gasteiger partial charge on any atom is 0.135 e. The van der Waals surface area contributed by atoms with E-state index >= 15 is 0 Å². The van der Waals surface area contributed by atoms with Crippen LogP contribution in [0.15, 0.2) is 154 Å². The molecular weight excluding hydrogens is 597 g/mol. The summed E-state index contributed by atoms with van der Waals surface area (Å²) in [6.45, 7) is 2.29. The molecule has 0 saturated carbocycles. The largest absolute Gasteiger partial charge is 0.456 e. The molecule has 0 saturated heterocycles. The summed E-state index contributed by atoms with van der Waals surface area (Å²) in [6.07, 6.45) is 6.13. The molecule has 0 amide bonds. The Morgan fingerprint density at radius 2 is 1.31 bits per heavy atom. The number of fused-ring (bicyclic) bond motifs is 8. The number of hydrogen-bond donors (Lipinski definition) is 0. The highest BCUT2D eigenvalue weighted by molar-refractivity contribution is 6.11. The molecule has 3 heterocycles. The summed E-state index contributed by atoms with van der Waals surface area (Å²) in [6, 6.07) is 47.9. The summed E-state index contributed by atoms with van der Waals surface area (Å²) >= 11 is 0. The van der Waals surface area contributed by atoms with E-state index in [-0.39, 0.29) is 0 Å². The molecule has 1 atom stereocenters. The zero-order valence-electron chi connectivity index (χ0n) is 27.2. The number of nitrogens with zero attached hydrogens (tertiary/aromatic N) is 2. The van der Waals surface area contributed by atoms with Crippen molar-refractivity contribution < 1.29 is 4.42 Å². The van der Waals surface area contributed by atoms with Gasteiger partial charge in [-0.2, -0.15) is 0 Å². The van der Waals surface area contributed by atoms with Gasteiger partial charge in [0.15, 0.2) is 0 Å². The second-order valence-electron chi connectivity index (χ2n) is 13.4. The number of aliphatic imine (C=N–C) groups is 2. The fourth-order valence-corrected chi connectivity index (χ4v) is 7.73. The first-order valence-corrected chi connectivity index (χ1v) is 17.1. The van der Waals surface area contributed by atoms with Crippen molar-refractivity contribution in [3.8, 4) is 11.1 Å². The first-order valence-electron chi connectivity index (χ1n) is 17.1. The van der Waals surface area contributed by atoms with Gasteiger partial charge < -0.3 is 4.42 Å². The molecule has 49 heavy (non-hydrogen) atoms. The highest BCUT2D eigenvalue weighted by atomic mass is 16.3. The monoisotopic (exact) mass is 628 g/mol. The van der Waals surface area contributed by atoms with Gasteiger partial charge in [0.25, 0.3) is 0 Å². The van der Waals surface area contributed by atoms with Crippen LogP contribution in [0.25, 0.3) is 60.7 Å². The van der Waals surface area contributed by atoms with Crippen molar-refractivity contribution in [2.45, 2.75) is 19.8 Å². The summed E-state index contributed by atoms with van der Waals surface area (Å²) < 4.78 is 6.09. The Balaban J connectivity index is 1.06. The Morgan fingerprint density at radius 3 is 2.22 bits per heavy atom. The average Bonchev–Trinajstić information content (AvgIpc) is 3.37. The lowest BCUT2D eigenvalue weighted by molar-refractivity contribution is 0.669. The predicted octanol–water partition coefficient (Wildman–Crippen LogP) is 12.4. The van der Waals surface area contributed by atoms with Crippen LogP contribution in [0.4, 0.5) is 11.4 Å². The number of furan rings is 1.